The van der Waals surface area contributed by atoms with Crippen molar-refractivity contribution in [1.29, 1.82) is 0 Å². The highest BCUT2D eigenvalue weighted by Crippen LogP contribution is 2.23. The molecule has 19 heavy (non-hydrogen) atoms. The van der Waals surface area contributed by atoms with Crippen molar-refractivity contribution in [3.8, 4) is 5.75 Å². The summed E-state index contributed by atoms with van der Waals surface area (Å²) < 4.78 is 19.4. The molecule has 0 saturated carbocycles. The predicted molar refractivity (Wildman–Crippen MR) is 77.6 cm³/mol. The molecule has 1 heterocycles. The van der Waals surface area contributed by atoms with Crippen LogP contribution in [0.15, 0.2) is 34.8 Å². The largest absolute Gasteiger partial charge is 0.482 e. The summed E-state index contributed by atoms with van der Waals surface area (Å²) in [7, 11) is 0. The van der Waals surface area contributed by atoms with Gasteiger partial charge in [-0.1, -0.05) is 22.9 Å². The lowest BCUT2D eigenvalue weighted by Crippen LogP contribution is -2.10. The lowest BCUT2D eigenvalue weighted by atomic mass is 10.3. The first-order valence-electron chi connectivity index (χ1n) is 5.80. The fourth-order valence-electron chi connectivity index (χ4n) is 1.52. The number of ketones is 1. The van der Waals surface area contributed by atoms with Crippen LogP contribution in [0.25, 0.3) is 0 Å². The molecule has 1 aromatic heterocycles. The zero-order chi connectivity index (χ0) is 13.8. The number of Topliss-reactive ketones (excluding diaryl/α,β-unsaturated/α-hetero) is 1. The van der Waals surface area contributed by atoms with Gasteiger partial charge in [0.25, 0.3) is 0 Å². The number of benzene rings is 1. The van der Waals surface area contributed by atoms with Crippen LogP contribution in [0.3, 0.4) is 0 Å². The molecule has 0 atom stereocenters. The van der Waals surface area contributed by atoms with Gasteiger partial charge >= 0.3 is 0 Å². The summed E-state index contributed by atoms with van der Waals surface area (Å²) in [6.45, 7) is 1.88. The topological polar surface area (TPSA) is 26.3 Å². The van der Waals surface area contributed by atoms with Crippen molar-refractivity contribution in [1.82, 2.24) is 0 Å². The van der Waals surface area contributed by atoms with Crippen LogP contribution in [-0.4, -0.2) is 12.4 Å². The summed E-state index contributed by atoms with van der Waals surface area (Å²) in [6, 6.07) is 8.10. The number of carbonyl (C=O) groups is 1. The lowest BCUT2D eigenvalue weighted by molar-refractivity contribution is 0.0923. The van der Waals surface area contributed by atoms with Crippen molar-refractivity contribution in [2.24, 2.45) is 0 Å². The molecule has 2 rings (SSSR count). The summed E-state index contributed by atoms with van der Waals surface area (Å²) in [5.74, 6) is -0.532. The van der Waals surface area contributed by atoms with Crippen LogP contribution in [0, 0.1) is 5.82 Å². The first kappa shape index (κ1) is 14.2. The molecule has 0 bridgehead atoms. The smallest absolute Gasteiger partial charge is 0.210 e. The Morgan fingerprint density at radius 3 is 2.84 bits per heavy atom. The van der Waals surface area contributed by atoms with Crippen LogP contribution < -0.4 is 4.74 Å². The normalized spacial score (nSPS) is 10.5. The highest BCUT2D eigenvalue weighted by molar-refractivity contribution is 9.10. The van der Waals surface area contributed by atoms with Crippen molar-refractivity contribution < 1.29 is 13.9 Å². The SMILES string of the molecule is CCc1ccc(C(=O)COc2cc(Br)ccc2F)s1. The number of ether oxygens (including phenoxy) is 1. The zero-order valence-corrected chi connectivity index (χ0v) is 12.7. The van der Waals surface area contributed by atoms with Gasteiger partial charge in [0.05, 0.1) is 4.88 Å². The fraction of sp³-hybridized carbons (Fsp3) is 0.214. The molecule has 0 aliphatic rings. The molecular weight excluding hydrogens is 331 g/mol. The van der Waals surface area contributed by atoms with Gasteiger partial charge in [-0.2, -0.15) is 0 Å². The molecule has 100 valence electrons. The van der Waals surface area contributed by atoms with E-state index in [1.807, 2.05) is 13.0 Å². The minimum absolute atomic E-state index is 0.0787. The third-order valence-electron chi connectivity index (χ3n) is 2.54. The maximum atomic E-state index is 13.4. The van der Waals surface area contributed by atoms with E-state index in [4.69, 9.17) is 4.74 Å². The van der Waals surface area contributed by atoms with Crippen LogP contribution in [-0.2, 0) is 6.42 Å². The first-order chi connectivity index (χ1) is 9.10. The van der Waals surface area contributed by atoms with Gasteiger partial charge in [0.2, 0.25) is 5.78 Å². The Labute approximate surface area is 123 Å². The Bertz CT molecular complexity index is 595. The number of aryl methyl sites for hydroxylation is 1. The van der Waals surface area contributed by atoms with Crippen LogP contribution in [0.2, 0.25) is 0 Å². The van der Waals surface area contributed by atoms with Gasteiger partial charge in [-0.3, -0.25) is 4.79 Å². The Morgan fingerprint density at radius 1 is 1.37 bits per heavy atom. The molecule has 0 unspecified atom stereocenters. The van der Waals surface area contributed by atoms with Gasteiger partial charge in [0, 0.05) is 9.35 Å². The number of carbonyl (C=O) groups excluding carboxylic acids is 1. The number of thiophene rings is 1. The van der Waals surface area contributed by atoms with E-state index in [0.29, 0.717) is 9.35 Å². The van der Waals surface area contributed by atoms with E-state index >= 15 is 0 Å². The average molecular weight is 343 g/mol. The number of halogens is 2. The third-order valence-corrected chi connectivity index (χ3v) is 4.30. The van der Waals surface area contributed by atoms with Crippen molar-refractivity contribution in [3.05, 3.63) is 50.4 Å². The second kappa shape index (κ2) is 6.30. The molecule has 2 aromatic rings. The van der Waals surface area contributed by atoms with Crippen LogP contribution in [0.5, 0.6) is 5.75 Å². The Kier molecular flexibility index (Phi) is 4.71. The van der Waals surface area contributed by atoms with E-state index in [-0.39, 0.29) is 18.1 Å². The summed E-state index contributed by atoms with van der Waals surface area (Å²) in [5, 5.41) is 0. The molecule has 0 radical (unpaired) electrons. The quantitative estimate of drug-likeness (QED) is 0.749. The molecule has 0 N–H and O–H groups in total. The molecular formula is C14H12BrFO2S. The van der Waals surface area contributed by atoms with Crippen molar-refractivity contribution >= 4 is 33.0 Å². The molecule has 0 aliphatic heterocycles. The molecule has 1 aromatic carbocycles. The van der Waals surface area contributed by atoms with E-state index in [1.165, 1.54) is 23.5 Å². The maximum absolute atomic E-state index is 13.4. The first-order valence-corrected chi connectivity index (χ1v) is 7.41. The number of hydrogen-bond acceptors (Lipinski definition) is 3. The molecule has 5 heteroatoms. The molecule has 0 amide bonds. The van der Waals surface area contributed by atoms with Crippen molar-refractivity contribution in [2.75, 3.05) is 6.61 Å². The highest BCUT2D eigenvalue weighted by Gasteiger charge is 2.11. The Morgan fingerprint density at radius 2 is 2.16 bits per heavy atom. The molecule has 0 saturated heterocycles. The van der Waals surface area contributed by atoms with Gasteiger partial charge in [0.1, 0.15) is 0 Å². The van der Waals surface area contributed by atoms with Gasteiger partial charge in [-0.25, -0.2) is 4.39 Å². The fourth-order valence-corrected chi connectivity index (χ4v) is 2.73. The predicted octanol–water partition coefficient (Wildman–Crippen LogP) is 4.47. The number of rotatable bonds is 5. The standard InChI is InChI=1S/C14H12BrFO2S/c1-2-10-4-6-14(19-10)12(17)8-18-13-7-9(15)3-5-11(13)16/h3-7H,2,8H2,1H3. The minimum atomic E-state index is -0.476. The van der Waals surface area contributed by atoms with Crippen LogP contribution in [0.1, 0.15) is 21.5 Å². The summed E-state index contributed by atoms with van der Waals surface area (Å²) in [5.41, 5.74) is 0. The van der Waals surface area contributed by atoms with E-state index in [2.05, 4.69) is 15.9 Å². The van der Waals surface area contributed by atoms with Crippen molar-refractivity contribution in [3.63, 3.8) is 0 Å². The minimum Gasteiger partial charge on any atom is -0.482 e. The van der Waals surface area contributed by atoms with E-state index in [9.17, 15) is 9.18 Å². The molecule has 0 fully saturated rings. The third kappa shape index (κ3) is 3.64. The van der Waals surface area contributed by atoms with Crippen molar-refractivity contribution in [2.45, 2.75) is 13.3 Å². The van der Waals surface area contributed by atoms with Crippen LogP contribution in [0.4, 0.5) is 4.39 Å². The van der Waals surface area contributed by atoms with Gasteiger partial charge in [0.15, 0.2) is 18.2 Å². The molecule has 0 spiro atoms. The molecule has 0 aliphatic carbocycles. The second-order valence-electron chi connectivity index (χ2n) is 3.91. The monoisotopic (exact) mass is 342 g/mol. The van der Waals surface area contributed by atoms with Crippen LogP contribution >= 0.6 is 27.3 Å². The second-order valence-corrected chi connectivity index (χ2v) is 5.99. The van der Waals surface area contributed by atoms with Gasteiger partial charge in [-0.15, -0.1) is 11.3 Å². The summed E-state index contributed by atoms with van der Waals surface area (Å²) >= 11 is 4.68. The Balaban J connectivity index is 2.02. The van der Waals surface area contributed by atoms with Gasteiger partial charge < -0.3 is 4.74 Å². The lowest BCUT2D eigenvalue weighted by Gasteiger charge is -2.06. The maximum Gasteiger partial charge on any atom is 0.210 e. The van der Waals surface area contributed by atoms with E-state index < -0.39 is 5.82 Å². The van der Waals surface area contributed by atoms with Gasteiger partial charge in [-0.05, 0) is 36.8 Å². The average Bonchev–Trinajstić information content (AvgIpc) is 2.88. The molecule has 2 nitrogen and oxygen atoms in total. The summed E-state index contributed by atoms with van der Waals surface area (Å²) in [6.07, 6.45) is 0.902. The highest BCUT2D eigenvalue weighted by atomic mass is 79.9. The zero-order valence-electron chi connectivity index (χ0n) is 10.3. The van der Waals surface area contributed by atoms with E-state index in [0.717, 1.165) is 11.3 Å². The Hall–Kier alpha value is -1.20. The van der Waals surface area contributed by atoms with E-state index in [1.54, 1.807) is 12.1 Å². The number of hydrogen-bond donors (Lipinski definition) is 0. The summed E-state index contributed by atoms with van der Waals surface area (Å²) in [4.78, 5) is 13.7.